The molecule has 0 aliphatic carbocycles. The van der Waals surface area contributed by atoms with E-state index in [9.17, 15) is 4.79 Å². The zero-order valence-corrected chi connectivity index (χ0v) is 13.8. The highest BCUT2D eigenvalue weighted by Gasteiger charge is 2.16. The molecular formula is C16H15ClN6O. The summed E-state index contributed by atoms with van der Waals surface area (Å²) in [4.78, 5) is 22.1. The van der Waals surface area contributed by atoms with E-state index < -0.39 is 0 Å². The molecule has 0 bridgehead atoms. The quantitative estimate of drug-likeness (QED) is 0.709. The predicted octanol–water partition coefficient (Wildman–Crippen LogP) is 2.04. The zero-order valence-electron chi connectivity index (χ0n) is 13.0. The summed E-state index contributed by atoms with van der Waals surface area (Å²) in [5.41, 5.74) is 1.97. The van der Waals surface area contributed by atoms with E-state index in [-0.39, 0.29) is 11.6 Å². The van der Waals surface area contributed by atoms with Gasteiger partial charge in [-0.25, -0.2) is 4.68 Å². The van der Waals surface area contributed by atoms with Crippen molar-refractivity contribution in [1.82, 2.24) is 29.9 Å². The average molecular weight is 343 g/mol. The van der Waals surface area contributed by atoms with Gasteiger partial charge >= 0.3 is 0 Å². The van der Waals surface area contributed by atoms with Crippen LogP contribution in [-0.4, -0.2) is 42.8 Å². The standard InChI is InChI=1S/C16H15ClN6O/c1-22(10-14-8-18-5-6-19-14)16(24)15-11-23(21-20-15)9-12-3-2-4-13(17)7-12/h2-8,11H,9-10H2,1H3. The summed E-state index contributed by atoms with van der Waals surface area (Å²) in [6.07, 6.45) is 6.43. The van der Waals surface area contributed by atoms with E-state index in [1.165, 1.54) is 4.90 Å². The Labute approximate surface area is 143 Å². The molecule has 24 heavy (non-hydrogen) atoms. The van der Waals surface area contributed by atoms with Crippen LogP contribution in [0.4, 0.5) is 0 Å². The lowest BCUT2D eigenvalue weighted by Crippen LogP contribution is -2.27. The molecule has 3 rings (SSSR count). The van der Waals surface area contributed by atoms with Crippen LogP contribution < -0.4 is 0 Å². The third kappa shape index (κ3) is 3.94. The maximum absolute atomic E-state index is 12.4. The van der Waals surface area contributed by atoms with Crippen LogP contribution in [0.3, 0.4) is 0 Å². The van der Waals surface area contributed by atoms with Gasteiger partial charge in [-0.15, -0.1) is 5.10 Å². The number of halogens is 1. The van der Waals surface area contributed by atoms with Crippen LogP contribution in [0.25, 0.3) is 0 Å². The van der Waals surface area contributed by atoms with Crippen LogP contribution in [0.2, 0.25) is 5.02 Å². The molecule has 0 radical (unpaired) electrons. The summed E-state index contributed by atoms with van der Waals surface area (Å²) in [6, 6.07) is 7.47. The first kappa shape index (κ1) is 16.1. The molecule has 0 spiro atoms. The molecule has 0 atom stereocenters. The number of amides is 1. The summed E-state index contributed by atoms with van der Waals surface area (Å²) in [5.74, 6) is -0.224. The monoisotopic (exact) mass is 342 g/mol. The highest BCUT2D eigenvalue weighted by atomic mass is 35.5. The van der Waals surface area contributed by atoms with E-state index in [0.29, 0.717) is 23.8 Å². The van der Waals surface area contributed by atoms with Gasteiger partial charge < -0.3 is 4.90 Å². The van der Waals surface area contributed by atoms with Crippen molar-refractivity contribution >= 4 is 17.5 Å². The van der Waals surface area contributed by atoms with Crippen molar-refractivity contribution in [2.24, 2.45) is 0 Å². The van der Waals surface area contributed by atoms with Crippen LogP contribution >= 0.6 is 11.6 Å². The number of hydrogen-bond acceptors (Lipinski definition) is 5. The number of hydrogen-bond donors (Lipinski definition) is 0. The molecule has 1 amide bonds. The minimum atomic E-state index is -0.224. The van der Waals surface area contributed by atoms with Gasteiger partial charge in [0.2, 0.25) is 0 Å². The Kier molecular flexibility index (Phi) is 4.81. The van der Waals surface area contributed by atoms with Crippen molar-refractivity contribution in [1.29, 1.82) is 0 Å². The molecule has 122 valence electrons. The third-order valence-corrected chi connectivity index (χ3v) is 3.59. The van der Waals surface area contributed by atoms with Crippen molar-refractivity contribution < 1.29 is 4.79 Å². The Morgan fingerprint density at radius 2 is 2.21 bits per heavy atom. The third-order valence-electron chi connectivity index (χ3n) is 3.35. The van der Waals surface area contributed by atoms with Crippen molar-refractivity contribution in [3.63, 3.8) is 0 Å². The van der Waals surface area contributed by atoms with Gasteiger partial charge in [-0.05, 0) is 17.7 Å². The van der Waals surface area contributed by atoms with Crippen molar-refractivity contribution in [2.45, 2.75) is 13.1 Å². The van der Waals surface area contributed by atoms with Crippen molar-refractivity contribution in [3.8, 4) is 0 Å². The van der Waals surface area contributed by atoms with Gasteiger partial charge in [0.1, 0.15) is 0 Å². The van der Waals surface area contributed by atoms with E-state index in [1.807, 2.05) is 24.3 Å². The van der Waals surface area contributed by atoms with Crippen LogP contribution in [0.1, 0.15) is 21.7 Å². The van der Waals surface area contributed by atoms with E-state index in [0.717, 1.165) is 5.56 Å². The lowest BCUT2D eigenvalue weighted by molar-refractivity contribution is 0.0777. The molecule has 0 fully saturated rings. The second-order valence-electron chi connectivity index (χ2n) is 5.29. The van der Waals surface area contributed by atoms with Crippen LogP contribution in [0, 0.1) is 0 Å². The smallest absolute Gasteiger partial charge is 0.276 e. The minimum Gasteiger partial charge on any atom is -0.334 e. The molecule has 0 saturated heterocycles. The Morgan fingerprint density at radius 3 is 2.96 bits per heavy atom. The minimum absolute atomic E-state index is 0.224. The van der Waals surface area contributed by atoms with E-state index in [4.69, 9.17) is 11.6 Å². The summed E-state index contributed by atoms with van der Waals surface area (Å²) in [6.45, 7) is 0.850. The summed E-state index contributed by atoms with van der Waals surface area (Å²) < 4.78 is 1.61. The first-order valence-corrected chi connectivity index (χ1v) is 7.64. The fourth-order valence-corrected chi connectivity index (χ4v) is 2.43. The Hall–Kier alpha value is -2.80. The molecule has 0 aliphatic rings. The van der Waals surface area contributed by atoms with Crippen LogP contribution in [0.15, 0.2) is 49.1 Å². The molecule has 0 N–H and O–H groups in total. The maximum Gasteiger partial charge on any atom is 0.276 e. The zero-order chi connectivity index (χ0) is 16.9. The van der Waals surface area contributed by atoms with Gasteiger partial charge in [0, 0.05) is 24.5 Å². The Bertz CT molecular complexity index is 835. The number of benzene rings is 1. The fraction of sp³-hybridized carbons (Fsp3) is 0.188. The molecule has 2 heterocycles. The summed E-state index contributed by atoms with van der Waals surface area (Å²) in [5, 5.41) is 8.61. The largest absolute Gasteiger partial charge is 0.334 e. The number of carbonyl (C=O) groups is 1. The lowest BCUT2D eigenvalue weighted by Gasteiger charge is -2.14. The highest BCUT2D eigenvalue weighted by molar-refractivity contribution is 6.30. The van der Waals surface area contributed by atoms with E-state index in [1.54, 1.807) is 36.5 Å². The maximum atomic E-state index is 12.4. The fourth-order valence-electron chi connectivity index (χ4n) is 2.22. The van der Waals surface area contributed by atoms with Crippen molar-refractivity contribution in [3.05, 3.63) is 71.0 Å². The van der Waals surface area contributed by atoms with E-state index >= 15 is 0 Å². The second-order valence-corrected chi connectivity index (χ2v) is 5.73. The van der Waals surface area contributed by atoms with Gasteiger partial charge in [0.05, 0.1) is 31.2 Å². The first-order valence-electron chi connectivity index (χ1n) is 7.27. The second kappa shape index (κ2) is 7.18. The van der Waals surface area contributed by atoms with Gasteiger partial charge in [-0.1, -0.05) is 28.9 Å². The Morgan fingerprint density at radius 1 is 1.33 bits per heavy atom. The van der Waals surface area contributed by atoms with Gasteiger partial charge in [0.15, 0.2) is 5.69 Å². The topological polar surface area (TPSA) is 76.8 Å². The van der Waals surface area contributed by atoms with Crippen molar-refractivity contribution in [2.75, 3.05) is 7.05 Å². The van der Waals surface area contributed by atoms with Crippen LogP contribution in [-0.2, 0) is 13.1 Å². The Balaban J connectivity index is 1.67. The first-order chi connectivity index (χ1) is 11.6. The lowest BCUT2D eigenvalue weighted by atomic mass is 10.2. The molecule has 0 saturated carbocycles. The number of aromatic nitrogens is 5. The van der Waals surface area contributed by atoms with E-state index in [2.05, 4.69) is 20.3 Å². The average Bonchev–Trinajstić information content (AvgIpc) is 3.03. The highest BCUT2D eigenvalue weighted by Crippen LogP contribution is 2.12. The predicted molar refractivity (Wildman–Crippen MR) is 88.4 cm³/mol. The normalized spacial score (nSPS) is 10.6. The molecule has 2 aromatic heterocycles. The molecule has 3 aromatic rings. The molecule has 8 heteroatoms. The number of carbonyl (C=O) groups excluding carboxylic acids is 1. The van der Waals surface area contributed by atoms with Gasteiger partial charge in [-0.2, -0.15) is 0 Å². The van der Waals surface area contributed by atoms with Gasteiger partial charge in [-0.3, -0.25) is 14.8 Å². The summed E-state index contributed by atoms with van der Waals surface area (Å²) >= 11 is 5.97. The molecular weight excluding hydrogens is 328 g/mol. The molecule has 1 aromatic carbocycles. The SMILES string of the molecule is CN(Cc1cnccn1)C(=O)c1cn(Cc2cccc(Cl)c2)nn1. The molecule has 7 nitrogen and oxygen atoms in total. The molecule has 0 unspecified atom stereocenters. The number of nitrogens with zero attached hydrogens (tertiary/aromatic N) is 6. The molecule has 0 aliphatic heterocycles. The van der Waals surface area contributed by atoms with Crippen LogP contribution in [0.5, 0.6) is 0 Å². The number of rotatable bonds is 5. The summed E-state index contributed by atoms with van der Waals surface area (Å²) in [7, 11) is 1.69. The van der Waals surface area contributed by atoms with Gasteiger partial charge in [0.25, 0.3) is 5.91 Å².